The molecule has 6 nitrogen and oxygen atoms in total. The van der Waals surface area contributed by atoms with Crippen molar-refractivity contribution in [1.29, 1.82) is 0 Å². The molecular weight excluding hydrogens is 459 g/mol. The fraction of sp³-hybridized carbons (Fsp3) is 0.227. The Bertz CT molecular complexity index is 1410. The maximum Gasteiger partial charge on any atom is 0.317 e. The number of hydrogen-bond donors (Lipinski definition) is 0. The lowest BCUT2D eigenvalue weighted by Crippen LogP contribution is -2.58. The highest BCUT2D eigenvalue weighted by Gasteiger charge is 2.55. The van der Waals surface area contributed by atoms with Gasteiger partial charge < -0.3 is 9.47 Å². The number of halogens is 2. The van der Waals surface area contributed by atoms with Crippen molar-refractivity contribution >= 4 is 46.6 Å². The van der Waals surface area contributed by atoms with Crippen LogP contribution in [0, 0.1) is 5.92 Å². The molecule has 9 heteroatoms. The lowest BCUT2D eigenvalue weighted by Gasteiger charge is -2.44. The van der Waals surface area contributed by atoms with E-state index in [4.69, 9.17) is 32.7 Å². The molecule has 158 valence electrons. The van der Waals surface area contributed by atoms with E-state index < -0.39 is 23.7 Å². The summed E-state index contributed by atoms with van der Waals surface area (Å²) in [5.74, 6) is -0.709. The predicted molar refractivity (Wildman–Crippen MR) is 119 cm³/mol. The first-order valence-corrected chi connectivity index (χ1v) is 11.0. The number of carbonyl (C=O) groups is 1. The predicted octanol–water partition coefficient (Wildman–Crippen LogP) is 3.17. The molecule has 3 heterocycles. The number of esters is 1. The van der Waals surface area contributed by atoms with E-state index >= 15 is 0 Å². The second-order valence-corrected chi connectivity index (χ2v) is 9.26. The van der Waals surface area contributed by atoms with Crippen molar-refractivity contribution in [3.8, 4) is 5.75 Å². The molecule has 5 rings (SSSR count). The van der Waals surface area contributed by atoms with Gasteiger partial charge in [0, 0.05) is 5.56 Å². The Hall–Kier alpha value is -2.61. The van der Waals surface area contributed by atoms with Crippen molar-refractivity contribution in [2.45, 2.75) is 18.7 Å². The second-order valence-electron chi connectivity index (χ2n) is 7.46. The van der Waals surface area contributed by atoms with Crippen molar-refractivity contribution in [1.82, 2.24) is 4.57 Å². The van der Waals surface area contributed by atoms with Gasteiger partial charge in [0.1, 0.15) is 11.7 Å². The highest BCUT2D eigenvalue weighted by Crippen LogP contribution is 2.47. The molecule has 31 heavy (non-hydrogen) atoms. The summed E-state index contributed by atoms with van der Waals surface area (Å²) >= 11 is 13.6. The summed E-state index contributed by atoms with van der Waals surface area (Å²) in [6.45, 7) is 1.74. The van der Waals surface area contributed by atoms with Gasteiger partial charge in [-0.1, -0.05) is 64.9 Å². The van der Waals surface area contributed by atoms with E-state index in [2.05, 4.69) is 4.99 Å². The van der Waals surface area contributed by atoms with Gasteiger partial charge in [0.15, 0.2) is 4.80 Å². The number of benzene rings is 2. The van der Waals surface area contributed by atoms with Gasteiger partial charge in [0.05, 0.1) is 27.7 Å². The molecule has 0 spiro atoms. The highest BCUT2D eigenvalue weighted by molar-refractivity contribution is 7.07. The molecule has 3 unspecified atom stereocenters. The van der Waals surface area contributed by atoms with Gasteiger partial charge in [-0.05, 0) is 30.7 Å². The molecule has 0 saturated heterocycles. The molecular formula is C22H16Cl2N2O4S. The van der Waals surface area contributed by atoms with E-state index in [1.807, 2.05) is 24.3 Å². The first kappa shape index (κ1) is 20.3. The van der Waals surface area contributed by atoms with Crippen LogP contribution < -0.4 is 19.6 Å². The lowest BCUT2D eigenvalue weighted by molar-refractivity contribution is -0.158. The molecule has 2 aromatic carbocycles. The fourth-order valence-corrected chi connectivity index (χ4v) is 5.66. The van der Waals surface area contributed by atoms with E-state index in [1.165, 1.54) is 18.4 Å². The lowest BCUT2D eigenvalue weighted by atomic mass is 9.81. The molecule has 1 aromatic heterocycles. The number of rotatable bonds is 2. The molecule has 0 aliphatic carbocycles. The zero-order valence-electron chi connectivity index (χ0n) is 16.5. The SMILES string of the molecule is COC(=O)C1C2c3ccccc3OC1(C)N=c1s/c(=C\c3cccc(Cl)c3Cl)c(=O)n12. The summed E-state index contributed by atoms with van der Waals surface area (Å²) in [7, 11) is 1.32. The Kier molecular flexibility index (Phi) is 4.73. The van der Waals surface area contributed by atoms with Gasteiger partial charge in [-0.3, -0.25) is 14.2 Å². The van der Waals surface area contributed by atoms with E-state index in [0.29, 0.717) is 30.7 Å². The van der Waals surface area contributed by atoms with Gasteiger partial charge in [-0.2, -0.15) is 0 Å². The van der Waals surface area contributed by atoms with Crippen molar-refractivity contribution < 1.29 is 14.3 Å². The quantitative estimate of drug-likeness (QED) is 0.534. The standard InChI is InChI=1S/C22H16Cl2N2O4S/c1-22-16(20(28)29-2)18(12-7-3-4-9-14(12)30-22)26-19(27)15(31-21(26)25-22)10-11-6-5-8-13(23)17(11)24/h3-10,16,18H,1-2H3/b15-10-. The van der Waals surface area contributed by atoms with Crippen LogP contribution in [0.4, 0.5) is 0 Å². The summed E-state index contributed by atoms with van der Waals surface area (Å²) in [6, 6.07) is 12.0. The summed E-state index contributed by atoms with van der Waals surface area (Å²) in [5.41, 5.74) is -0.106. The van der Waals surface area contributed by atoms with Crippen LogP contribution in [0.5, 0.6) is 5.75 Å². The van der Waals surface area contributed by atoms with Gasteiger partial charge >= 0.3 is 5.97 Å². The van der Waals surface area contributed by atoms with Crippen LogP contribution in [0.3, 0.4) is 0 Å². The number of nitrogens with zero attached hydrogens (tertiary/aromatic N) is 2. The van der Waals surface area contributed by atoms with E-state index in [-0.39, 0.29) is 5.56 Å². The normalized spacial score (nSPS) is 23.9. The van der Waals surface area contributed by atoms with Crippen LogP contribution in [-0.2, 0) is 9.53 Å². The molecule has 0 radical (unpaired) electrons. The van der Waals surface area contributed by atoms with E-state index in [1.54, 1.807) is 35.8 Å². The van der Waals surface area contributed by atoms with E-state index in [9.17, 15) is 9.59 Å². The monoisotopic (exact) mass is 474 g/mol. The minimum absolute atomic E-state index is 0.266. The van der Waals surface area contributed by atoms with Crippen molar-refractivity contribution in [3.63, 3.8) is 0 Å². The number of aromatic nitrogens is 1. The number of carbonyl (C=O) groups excluding carboxylic acids is 1. The third kappa shape index (κ3) is 3.03. The van der Waals surface area contributed by atoms with Crippen LogP contribution in [-0.4, -0.2) is 23.4 Å². The van der Waals surface area contributed by atoms with E-state index in [0.717, 1.165) is 5.56 Å². The first-order valence-electron chi connectivity index (χ1n) is 9.47. The smallest absolute Gasteiger partial charge is 0.317 e. The topological polar surface area (TPSA) is 69.9 Å². The summed E-state index contributed by atoms with van der Waals surface area (Å²) in [6.07, 6.45) is 1.69. The molecule has 3 aromatic rings. The maximum absolute atomic E-state index is 13.5. The molecule has 2 aliphatic rings. The zero-order valence-corrected chi connectivity index (χ0v) is 18.8. The van der Waals surface area contributed by atoms with Gasteiger partial charge in [-0.25, -0.2) is 4.99 Å². The Morgan fingerprint density at radius 3 is 2.81 bits per heavy atom. The first-order chi connectivity index (χ1) is 14.8. The summed E-state index contributed by atoms with van der Waals surface area (Å²) < 4.78 is 13.2. The average molecular weight is 475 g/mol. The number of fused-ring (bicyclic) bond motifs is 6. The number of thiazole rings is 1. The third-order valence-corrected chi connectivity index (χ3v) is 7.42. The number of hydrogen-bond acceptors (Lipinski definition) is 6. The Labute approximate surface area is 191 Å². The number of para-hydroxylation sites is 1. The second kappa shape index (κ2) is 7.22. The van der Waals surface area contributed by atoms with Crippen molar-refractivity contribution in [2.75, 3.05) is 7.11 Å². The van der Waals surface area contributed by atoms with Gasteiger partial charge in [-0.15, -0.1) is 0 Å². The van der Waals surface area contributed by atoms with Crippen LogP contribution in [0.15, 0.2) is 52.3 Å². The van der Waals surface area contributed by atoms with Gasteiger partial charge in [0.2, 0.25) is 5.72 Å². The van der Waals surface area contributed by atoms with Crippen LogP contribution >= 0.6 is 34.5 Å². The number of ether oxygens (including phenoxy) is 2. The minimum atomic E-state index is -1.20. The zero-order chi connectivity index (χ0) is 21.9. The third-order valence-electron chi connectivity index (χ3n) is 5.60. The average Bonchev–Trinajstić information content (AvgIpc) is 3.04. The van der Waals surface area contributed by atoms with Crippen LogP contribution in [0.2, 0.25) is 10.0 Å². The number of methoxy groups -OCH3 is 1. The van der Waals surface area contributed by atoms with Crippen LogP contribution in [0.1, 0.15) is 24.1 Å². The molecule has 0 saturated carbocycles. The van der Waals surface area contributed by atoms with Crippen LogP contribution in [0.25, 0.3) is 6.08 Å². The minimum Gasteiger partial charge on any atom is -0.469 e. The molecule has 0 N–H and O–H groups in total. The fourth-order valence-electron chi connectivity index (χ4n) is 4.20. The largest absolute Gasteiger partial charge is 0.469 e. The molecule has 2 aliphatic heterocycles. The molecule has 3 atom stereocenters. The highest BCUT2D eigenvalue weighted by atomic mass is 35.5. The summed E-state index contributed by atoms with van der Waals surface area (Å²) in [5, 5.41) is 0.765. The Morgan fingerprint density at radius 1 is 1.26 bits per heavy atom. The molecule has 0 amide bonds. The Balaban J connectivity index is 1.81. The Morgan fingerprint density at radius 2 is 2.03 bits per heavy atom. The molecule has 0 fully saturated rings. The van der Waals surface area contributed by atoms with Crippen molar-refractivity contribution in [2.24, 2.45) is 10.9 Å². The molecule has 2 bridgehead atoms. The van der Waals surface area contributed by atoms with Gasteiger partial charge in [0.25, 0.3) is 5.56 Å². The maximum atomic E-state index is 13.5. The summed E-state index contributed by atoms with van der Waals surface area (Å²) in [4.78, 5) is 31.4. The van der Waals surface area contributed by atoms with Crippen molar-refractivity contribution in [3.05, 3.63) is 83.3 Å².